The van der Waals surface area contributed by atoms with Crippen molar-refractivity contribution in [1.29, 1.82) is 0 Å². The molecule has 0 aliphatic heterocycles. The maximum absolute atomic E-state index is 13.2. The van der Waals surface area contributed by atoms with Crippen LogP contribution in [0.2, 0.25) is 0 Å². The summed E-state index contributed by atoms with van der Waals surface area (Å²) >= 11 is 0. The fraction of sp³-hybridized carbons (Fsp3) is 0.667. The van der Waals surface area contributed by atoms with E-state index in [-0.39, 0.29) is 17.3 Å². The summed E-state index contributed by atoms with van der Waals surface area (Å²) in [5.74, 6) is -1.19. The van der Waals surface area contributed by atoms with Gasteiger partial charge in [-0.05, 0) is 39.0 Å². The van der Waals surface area contributed by atoms with Crippen LogP contribution in [0, 0.1) is 22.2 Å². The summed E-state index contributed by atoms with van der Waals surface area (Å²) in [4.78, 5) is 39.1. The number of ketones is 3. The van der Waals surface area contributed by atoms with Gasteiger partial charge in [0, 0.05) is 28.4 Å². The minimum atomic E-state index is -1.12. The van der Waals surface area contributed by atoms with Gasteiger partial charge in [-0.1, -0.05) is 31.9 Å². The molecule has 0 radical (unpaired) electrons. The Bertz CT molecular complexity index is 816. The molecule has 0 unspecified atom stereocenters. The molecule has 5 atom stereocenters. The highest BCUT2D eigenvalue weighted by molar-refractivity contribution is 6.48. The number of hydrogen-bond acceptors (Lipinski definition) is 4. The SMILES string of the molecule is CC1=C(C)[C@]2(C)CC(=O)C3=C(C(=O)C(=O)[C@]4(C[C@@H]4C)[C@@H]3O)[C@@]2(C)CC1. The van der Waals surface area contributed by atoms with E-state index in [2.05, 4.69) is 6.92 Å². The molecule has 4 aliphatic rings. The van der Waals surface area contributed by atoms with E-state index < -0.39 is 33.9 Å². The Morgan fingerprint density at radius 1 is 1.08 bits per heavy atom. The first kappa shape index (κ1) is 16.9. The predicted octanol–water partition coefficient (Wildman–Crippen LogP) is 2.94. The molecule has 4 heteroatoms. The van der Waals surface area contributed by atoms with Gasteiger partial charge in [-0.3, -0.25) is 14.4 Å². The van der Waals surface area contributed by atoms with Crippen LogP contribution in [0.1, 0.15) is 60.3 Å². The second kappa shape index (κ2) is 4.59. The van der Waals surface area contributed by atoms with E-state index in [1.54, 1.807) is 0 Å². The first-order valence-corrected chi connectivity index (χ1v) is 9.24. The molecule has 4 nitrogen and oxygen atoms in total. The number of fused-ring (bicyclic) bond motifs is 2. The second-order valence-corrected chi connectivity index (χ2v) is 9.16. The highest BCUT2D eigenvalue weighted by Crippen LogP contribution is 2.67. The lowest BCUT2D eigenvalue weighted by Crippen LogP contribution is -2.57. The van der Waals surface area contributed by atoms with E-state index in [0.29, 0.717) is 18.4 Å². The van der Waals surface area contributed by atoms with Crippen LogP contribution in [0.5, 0.6) is 0 Å². The molecule has 0 aromatic carbocycles. The third kappa shape index (κ3) is 1.65. The smallest absolute Gasteiger partial charge is 0.226 e. The monoisotopic (exact) mass is 342 g/mol. The van der Waals surface area contributed by atoms with Crippen LogP contribution < -0.4 is 0 Å². The average Bonchev–Trinajstić information content (AvgIpc) is 3.22. The van der Waals surface area contributed by atoms with Crippen LogP contribution in [0.15, 0.2) is 22.3 Å². The topological polar surface area (TPSA) is 71.4 Å². The highest BCUT2D eigenvalue weighted by atomic mass is 16.3. The lowest BCUT2D eigenvalue weighted by atomic mass is 9.46. The van der Waals surface area contributed by atoms with Gasteiger partial charge in [0.2, 0.25) is 11.6 Å². The Morgan fingerprint density at radius 3 is 2.24 bits per heavy atom. The number of carbonyl (C=O) groups is 3. The summed E-state index contributed by atoms with van der Waals surface area (Å²) in [6.45, 7) is 10.0. The van der Waals surface area contributed by atoms with E-state index in [0.717, 1.165) is 18.4 Å². The lowest BCUT2D eigenvalue weighted by Gasteiger charge is -2.56. The minimum absolute atomic E-state index is 0.0443. The van der Waals surface area contributed by atoms with Crippen molar-refractivity contribution in [3.63, 3.8) is 0 Å². The number of aliphatic hydroxyl groups excluding tert-OH is 1. The number of carbonyl (C=O) groups excluding carboxylic acids is 3. The van der Waals surface area contributed by atoms with Crippen molar-refractivity contribution in [1.82, 2.24) is 0 Å². The summed E-state index contributed by atoms with van der Waals surface area (Å²) < 4.78 is 0. The van der Waals surface area contributed by atoms with Crippen molar-refractivity contribution in [3.8, 4) is 0 Å². The van der Waals surface area contributed by atoms with Crippen LogP contribution >= 0.6 is 0 Å². The van der Waals surface area contributed by atoms with E-state index in [4.69, 9.17) is 0 Å². The number of rotatable bonds is 0. The molecule has 4 rings (SSSR count). The van der Waals surface area contributed by atoms with Gasteiger partial charge < -0.3 is 5.11 Å². The zero-order chi connectivity index (χ0) is 18.5. The molecule has 0 bridgehead atoms. The normalized spacial score (nSPS) is 46.6. The molecular weight excluding hydrogens is 316 g/mol. The summed E-state index contributed by atoms with van der Waals surface area (Å²) in [7, 11) is 0. The zero-order valence-corrected chi connectivity index (χ0v) is 15.7. The Kier molecular flexibility index (Phi) is 3.10. The Labute approximate surface area is 148 Å². The molecular formula is C21H26O4. The van der Waals surface area contributed by atoms with Crippen LogP contribution in [0.25, 0.3) is 0 Å². The van der Waals surface area contributed by atoms with Gasteiger partial charge in [0.05, 0.1) is 11.5 Å². The zero-order valence-electron chi connectivity index (χ0n) is 15.7. The maximum atomic E-state index is 13.2. The van der Waals surface area contributed by atoms with E-state index in [1.165, 1.54) is 5.57 Å². The maximum Gasteiger partial charge on any atom is 0.226 e. The number of Topliss-reactive ketones (excluding diaryl/α,β-unsaturated/α-hetero) is 3. The van der Waals surface area contributed by atoms with Crippen LogP contribution in [-0.2, 0) is 14.4 Å². The third-order valence-electron chi connectivity index (χ3n) is 8.30. The Hall–Kier alpha value is -1.55. The van der Waals surface area contributed by atoms with Gasteiger partial charge in [0.15, 0.2) is 5.78 Å². The molecule has 1 saturated carbocycles. The van der Waals surface area contributed by atoms with Gasteiger partial charge in [0.25, 0.3) is 0 Å². The summed E-state index contributed by atoms with van der Waals surface area (Å²) in [6, 6.07) is 0. The number of hydrogen-bond donors (Lipinski definition) is 1. The summed E-state index contributed by atoms with van der Waals surface area (Å²) in [6.07, 6.45) is 1.25. The van der Waals surface area contributed by atoms with Gasteiger partial charge in [-0.15, -0.1) is 0 Å². The fourth-order valence-electron chi connectivity index (χ4n) is 5.88. The van der Waals surface area contributed by atoms with Crippen LogP contribution in [-0.4, -0.2) is 28.6 Å². The van der Waals surface area contributed by atoms with Crippen molar-refractivity contribution in [3.05, 3.63) is 22.3 Å². The minimum Gasteiger partial charge on any atom is -0.387 e. The molecule has 1 N–H and O–H groups in total. The van der Waals surface area contributed by atoms with Crippen molar-refractivity contribution >= 4 is 17.3 Å². The quantitative estimate of drug-likeness (QED) is 0.543. The van der Waals surface area contributed by atoms with Gasteiger partial charge in [-0.2, -0.15) is 0 Å². The van der Waals surface area contributed by atoms with E-state index >= 15 is 0 Å². The summed E-state index contributed by atoms with van der Waals surface area (Å²) in [5.41, 5.74) is 0.899. The Morgan fingerprint density at radius 2 is 1.68 bits per heavy atom. The molecule has 25 heavy (non-hydrogen) atoms. The van der Waals surface area contributed by atoms with E-state index in [1.807, 2.05) is 27.7 Å². The largest absolute Gasteiger partial charge is 0.387 e. The Balaban J connectivity index is 1.99. The first-order chi connectivity index (χ1) is 11.5. The van der Waals surface area contributed by atoms with Crippen molar-refractivity contribution in [2.45, 2.75) is 66.4 Å². The van der Waals surface area contributed by atoms with Crippen molar-refractivity contribution in [2.24, 2.45) is 22.2 Å². The van der Waals surface area contributed by atoms with Gasteiger partial charge in [0.1, 0.15) is 0 Å². The van der Waals surface area contributed by atoms with Crippen molar-refractivity contribution in [2.75, 3.05) is 0 Å². The fourth-order valence-corrected chi connectivity index (χ4v) is 5.88. The third-order valence-corrected chi connectivity index (χ3v) is 8.30. The van der Waals surface area contributed by atoms with Crippen molar-refractivity contribution < 1.29 is 19.5 Å². The molecule has 0 saturated heterocycles. The van der Waals surface area contributed by atoms with Crippen LogP contribution in [0.3, 0.4) is 0 Å². The molecule has 0 aromatic rings. The molecule has 1 fully saturated rings. The second-order valence-electron chi connectivity index (χ2n) is 9.16. The lowest BCUT2D eigenvalue weighted by molar-refractivity contribution is -0.145. The first-order valence-electron chi connectivity index (χ1n) is 9.24. The van der Waals surface area contributed by atoms with Gasteiger partial charge in [-0.25, -0.2) is 0 Å². The number of aliphatic hydroxyl groups is 1. The molecule has 0 amide bonds. The summed E-state index contributed by atoms with van der Waals surface area (Å²) in [5, 5.41) is 11.0. The molecule has 134 valence electrons. The average molecular weight is 342 g/mol. The molecule has 0 aromatic heterocycles. The highest BCUT2D eigenvalue weighted by Gasteiger charge is 2.71. The standard InChI is InChI=1S/C21H26O4/c1-10-6-7-19(4)15-14(13(22)9-20(19,5)12(10)3)17(24)21(8-11(21)2)18(25)16(15)23/h11,17,24H,6-9H2,1-5H3/t11-,17+,19+,20-,21-/m0/s1. The molecule has 0 heterocycles. The van der Waals surface area contributed by atoms with Gasteiger partial charge >= 0.3 is 0 Å². The van der Waals surface area contributed by atoms with Crippen LogP contribution in [0.4, 0.5) is 0 Å². The number of allylic oxidation sites excluding steroid dienone is 3. The predicted molar refractivity (Wildman–Crippen MR) is 92.7 cm³/mol. The molecule has 4 aliphatic carbocycles. The van der Waals surface area contributed by atoms with E-state index in [9.17, 15) is 19.5 Å². The molecule has 1 spiro atoms.